The lowest BCUT2D eigenvalue weighted by atomic mass is 10.1. The molecule has 10 heavy (non-hydrogen) atoms. The highest BCUT2D eigenvalue weighted by Gasteiger charge is 2.12. The van der Waals surface area contributed by atoms with Gasteiger partial charge in [0.25, 0.3) is 0 Å². The third-order valence-electron chi connectivity index (χ3n) is 1.84. The molecule has 0 aliphatic carbocycles. The van der Waals surface area contributed by atoms with E-state index >= 15 is 0 Å². The molecule has 1 heterocycles. The highest BCUT2D eigenvalue weighted by atomic mass is 28.2. The molecule has 1 saturated heterocycles. The summed E-state index contributed by atoms with van der Waals surface area (Å²) in [6.45, 7) is 6.88. The van der Waals surface area contributed by atoms with Crippen molar-refractivity contribution in [1.29, 1.82) is 0 Å². The van der Waals surface area contributed by atoms with Crippen LogP contribution in [0.15, 0.2) is 12.6 Å². The highest BCUT2D eigenvalue weighted by Crippen LogP contribution is 2.10. The van der Waals surface area contributed by atoms with Crippen molar-refractivity contribution in [3.05, 3.63) is 12.6 Å². The van der Waals surface area contributed by atoms with Gasteiger partial charge in [-0.2, -0.15) is 0 Å². The first-order chi connectivity index (χ1) is 4.93. The van der Waals surface area contributed by atoms with E-state index in [-0.39, 0.29) is 9.39 Å². The monoisotopic (exact) mass is 153 g/mol. The largest absolute Gasteiger partial charge is 0.383 e. The van der Waals surface area contributed by atoms with E-state index in [2.05, 4.69) is 13.5 Å². The average molecular weight is 153 g/mol. The molecule has 0 N–H and O–H groups in total. The Hall–Kier alpha value is -0.0182. The Labute approximate surface area is 65.8 Å². The van der Waals surface area contributed by atoms with Crippen LogP contribution in [0.2, 0.25) is 0 Å². The zero-order chi connectivity index (χ0) is 7.23. The van der Waals surface area contributed by atoms with Crippen molar-refractivity contribution < 1.29 is 4.74 Å². The van der Waals surface area contributed by atoms with Gasteiger partial charge in [-0.25, -0.2) is 0 Å². The molecular weight excluding hydrogens is 139 g/mol. The Morgan fingerprint density at radius 3 is 3.10 bits per heavy atom. The fourth-order valence-corrected chi connectivity index (χ4v) is 2.56. The molecule has 1 aliphatic rings. The van der Waals surface area contributed by atoms with E-state index in [1.165, 1.54) is 19.3 Å². The molecule has 1 fully saturated rings. The molecule has 0 aromatic carbocycles. The molecule has 0 saturated carbocycles. The summed E-state index contributed by atoms with van der Waals surface area (Å²) in [4.78, 5) is 0. The standard InChI is InChI=1S/C7H14BOSi/c1-2-8-10-7-5-3-4-6-9-7/h2,7H,1,3-6,10H2. The highest BCUT2D eigenvalue weighted by molar-refractivity contribution is 7.03. The summed E-state index contributed by atoms with van der Waals surface area (Å²) in [5.41, 5.74) is 0.617. The topological polar surface area (TPSA) is 9.23 Å². The first-order valence-electron chi connectivity index (χ1n) is 3.99. The van der Waals surface area contributed by atoms with Gasteiger partial charge in [-0.15, -0.1) is 12.6 Å². The second-order valence-corrected chi connectivity index (χ2v) is 4.55. The predicted molar refractivity (Wildman–Crippen MR) is 48.1 cm³/mol. The first kappa shape index (κ1) is 8.08. The molecule has 1 atom stereocenters. The van der Waals surface area contributed by atoms with Gasteiger partial charge in [0.05, 0.1) is 0 Å². The summed E-state index contributed by atoms with van der Waals surface area (Å²) in [6, 6.07) is 0. The summed E-state index contributed by atoms with van der Waals surface area (Å²) < 4.78 is 5.56. The van der Waals surface area contributed by atoms with E-state index in [0.29, 0.717) is 5.73 Å². The second-order valence-electron chi connectivity index (χ2n) is 2.70. The first-order valence-corrected chi connectivity index (χ1v) is 5.62. The lowest BCUT2D eigenvalue weighted by Gasteiger charge is -2.21. The van der Waals surface area contributed by atoms with Gasteiger partial charge >= 0.3 is 0 Å². The Kier molecular flexibility index (Phi) is 3.83. The van der Waals surface area contributed by atoms with Crippen LogP contribution < -0.4 is 0 Å². The molecule has 0 aromatic rings. The van der Waals surface area contributed by atoms with Crippen LogP contribution in [0.25, 0.3) is 0 Å². The number of hydrogen-bond donors (Lipinski definition) is 0. The number of hydrogen-bond acceptors (Lipinski definition) is 1. The molecule has 1 unspecified atom stereocenters. The predicted octanol–water partition coefficient (Wildman–Crippen LogP) is 0.444. The minimum atomic E-state index is -0.0998. The Bertz CT molecular complexity index is 102. The molecule has 0 aromatic heterocycles. The molecule has 1 rings (SSSR count). The van der Waals surface area contributed by atoms with E-state index in [9.17, 15) is 0 Å². The van der Waals surface area contributed by atoms with Crippen LogP contribution >= 0.6 is 0 Å². The van der Waals surface area contributed by atoms with Gasteiger partial charge in [-0.1, -0.05) is 0 Å². The lowest BCUT2D eigenvalue weighted by molar-refractivity contribution is 0.0665. The van der Waals surface area contributed by atoms with Crippen LogP contribution in [-0.2, 0) is 4.74 Å². The molecular formula is C7H14BOSi. The van der Waals surface area contributed by atoms with Crippen LogP contribution in [-0.4, -0.2) is 28.6 Å². The van der Waals surface area contributed by atoms with Gasteiger partial charge in [-0.3, -0.25) is 0 Å². The van der Waals surface area contributed by atoms with Gasteiger partial charge in [-0.05, 0) is 19.3 Å². The van der Waals surface area contributed by atoms with E-state index < -0.39 is 0 Å². The maximum absolute atomic E-state index is 5.56. The number of rotatable bonds is 3. The molecule has 1 aliphatic heterocycles. The normalized spacial score (nSPS) is 27.0. The van der Waals surface area contributed by atoms with Crippen molar-refractivity contribution in [2.24, 2.45) is 0 Å². The van der Waals surface area contributed by atoms with E-state index in [1.54, 1.807) is 0 Å². The summed E-state index contributed by atoms with van der Waals surface area (Å²) in [6.07, 6.45) is 3.91. The van der Waals surface area contributed by atoms with Gasteiger partial charge in [0, 0.05) is 21.7 Å². The maximum atomic E-state index is 5.56. The molecule has 1 radical (unpaired) electrons. The molecule has 0 spiro atoms. The quantitative estimate of drug-likeness (QED) is 0.535. The van der Waals surface area contributed by atoms with Crippen molar-refractivity contribution in [2.75, 3.05) is 6.61 Å². The third-order valence-corrected chi connectivity index (χ3v) is 3.61. The third kappa shape index (κ3) is 2.71. The van der Waals surface area contributed by atoms with Gasteiger partial charge in [0.1, 0.15) is 6.87 Å². The van der Waals surface area contributed by atoms with E-state index in [4.69, 9.17) is 4.74 Å². The zero-order valence-electron chi connectivity index (χ0n) is 6.38. The molecule has 0 amide bonds. The van der Waals surface area contributed by atoms with Gasteiger partial charge in [0.15, 0.2) is 0 Å². The molecule has 3 heteroatoms. The van der Waals surface area contributed by atoms with Gasteiger partial charge in [0.2, 0.25) is 0 Å². The summed E-state index contributed by atoms with van der Waals surface area (Å²) in [7, 11) is -0.0998. The fourth-order valence-electron chi connectivity index (χ4n) is 1.24. The van der Waals surface area contributed by atoms with Crippen molar-refractivity contribution in [3.8, 4) is 0 Å². The Morgan fingerprint density at radius 1 is 1.60 bits per heavy atom. The maximum Gasteiger partial charge on any atom is 0.129 e. The fraction of sp³-hybridized carbons (Fsp3) is 0.714. The molecule has 55 valence electrons. The molecule has 0 bridgehead atoms. The van der Waals surface area contributed by atoms with Crippen molar-refractivity contribution in [2.45, 2.75) is 25.0 Å². The van der Waals surface area contributed by atoms with E-state index in [1.807, 2.05) is 5.98 Å². The Morgan fingerprint density at radius 2 is 2.50 bits per heavy atom. The van der Waals surface area contributed by atoms with Crippen LogP contribution in [0.4, 0.5) is 0 Å². The van der Waals surface area contributed by atoms with Gasteiger partial charge < -0.3 is 4.74 Å². The summed E-state index contributed by atoms with van der Waals surface area (Å²) in [5.74, 6) is 1.91. The van der Waals surface area contributed by atoms with Crippen LogP contribution in [0, 0.1) is 0 Å². The zero-order valence-corrected chi connectivity index (χ0v) is 7.80. The average Bonchev–Trinajstić information content (AvgIpc) is 2.03. The van der Waals surface area contributed by atoms with Crippen molar-refractivity contribution in [1.82, 2.24) is 0 Å². The van der Waals surface area contributed by atoms with E-state index in [0.717, 1.165) is 6.61 Å². The second kappa shape index (κ2) is 4.74. The van der Waals surface area contributed by atoms with Crippen LogP contribution in [0.1, 0.15) is 19.3 Å². The Balaban J connectivity index is 2.07. The SMILES string of the molecule is C=C[B][SiH2]C1CCCCO1. The van der Waals surface area contributed by atoms with Crippen LogP contribution in [0.5, 0.6) is 0 Å². The van der Waals surface area contributed by atoms with Crippen molar-refractivity contribution in [3.63, 3.8) is 0 Å². The number of ether oxygens (including phenoxy) is 1. The summed E-state index contributed by atoms with van der Waals surface area (Å²) in [5, 5.41) is 0. The molecule has 1 nitrogen and oxygen atoms in total. The van der Waals surface area contributed by atoms with Crippen molar-refractivity contribution >= 4 is 16.3 Å². The minimum Gasteiger partial charge on any atom is -0.383 e. The summed E-state index contributed by atoms with van der Waals surface area (Å²) >= 11 is 0. The van der Waals surface area contributed by atoms with Crippen LogP contribution in [0.3, 0.4) is 0 Å². The lowest BCUT2D eigenvalue weighted by Crippen LogP contribution is -2.28. The minimum absolute atomic E-state index is 0.0998. The smallest absolute Gasteiger partial charge is 0.129 e.